The van der Waals surface area contributed by atoms with E-state index < -0.39 is 16.0 Å². The van der Waals surface area contributed by atoms with Crippen molar-refractivity contribution in [2.75, 3.05) is 0 Å². The number of aryl methyl sites for hydroxylation is 1. The summed E-state index contributed by atoms with van der Waals surface area (Å²) in [5, 5.41) is 0.840. The number of alkyl halides is 3. The first-order valence-corrected chi connectivity index (χ1v) is 7.89. The highest BCUT2D eigenvalue weighted by Gasteiger charge is 2.50. The standard InChI is InChI=1S/C15H16F3S.BrH/c1-2-10-5-4-8-13-12(10)9-14(11-6-3-7-11)19(13)15(16,17)18;/h4-5,8-9,11H,2-3,6-7H2,1H3;1H/q+1;/p-1. The lowest BCUT2D eigenvalue weighted by molar-refractivity contribution is -0.0868. The Labute approximate surface area is 129 Å². The Morgan fingerprint density at radius 2 is 1.95 bits per heavy atom. The molecule has 1 saturated carbocycles. The molecule has 0 aliphatic heterocycles. The number of hydrogen-bond donors (Lipinski definition) is 0. The highest BCUT2D eigenvalue weighted by molar-refractivity contribution is 7.38. The Bertz CT molecular complexity index is 611. The molecule has 1 atom stereocenters. The van der Waals surface area contributed by atoms with Crippen LogP contribution in [0.25, 0.3) is 10.1 Å². The number of hydrogen-bond acceptors (Lipinski definition) is 0. The lowest BCUT2D eigenvalue weighted by Gasteiger charge is -2.21. The van der Waals surface area contributed by atoms with E-state index in [1.54, 1.807) is 12.1 Å². The van der Waals surface area contributed by atoms with Crippen molar-refractivity contribution in [1.29, 1.82) is 0 Å². The Kier molecular flexibility index (Phi) is 4.50. The quantitative estimate of drug-likeness (QED) is 0.718. The molecule has 1 fully saturated rings. The van der Waals surface area contributed by atoms with E-state index >= 15 is 0 Å². The average molecular weight is 365 g/mol. The molecule has 1 aliphatic rings. The van der Waals surface area contributed by atoms with Gasteiger partial charge in [0.15, 0.2) is 9.58 Å². The molecule has 0 nitrogen and oxygen atoms in total. The van der Waals surface area contributed by atoms with Crippen molar-refractivity contribution in [1.82, 2.24) is 0 Å². The smallest absolute Gasteiger partial charge is 0.600 e. The van der Waals surface area contributed by atoms with Gasteiger partial charge in [0.05, 0.1) is 10.5 Å². The molecular weight excluding hydrogens is 349 g/mol. The van der Waals surface area contributed by atoms with E-state index in [1.807, 2.05) is 19.1 Å². The first-order chi connectivity index (χ1) is 9.02. The van der Waals surface area contributed by atoms with Crippen LogP contribution in [0.3, 0.4) is 0 Å². The van der Waals surface area contributed by atoms with Crippen molar-refractivity contribution in [3.05, 3.63) is 34.7 Å². The molecule has 5 heteroatoms. The molecule has 1 heterocycles. The first-order valence-electron chi connectivity index (χ1n) is 6.67. The molecule has 0 N–H and O–H groups in total. The molecule has 0 spiro atoms. The second-order valence-electron chi connectivity index (χ2n) is 5.11. The van der Waals surface area contributed by atoms with Gasteiger partial charge in [0.2, 0.25) is 0 Å². The molecule has 0 saturated heterocycles. The minimum absolute atomic E-state index is 0. The van der Waals surface area contributed by atoms with Crippen LogP contribution in [0.2, 0.25) is 0 Å². The second kappa shape index (κ2) is 5.68. The van der Waals surface area contributed by atoms with Crippen molar-refractivity contribution in [3.63, 3.8) is 0 Å². The lowest BCUT2D eigenvalue weighted by atomic mass is 9.84. The maximum atomic E-state index is 13.4. The number of rotatable bonds is 2. The van der Waals surface area contributed by atoms with Gasteiger partial charge in [0, 0.05) is 17.4 Å². The summed E-state index contributed by atoms with van der Waals surface area (Å²) >= 11 is 0. The van der Waals surface area contributed by atoms with Crippen LogP contribution in [0.15, 0.2) is 24.3 Å². The van der Waals surface area contributed by atoms with Crippen LogP contribution < -0.4 is 17.0 Å². The Hall–Kier alpha value is -0.550. The van der Waals surface area contributed by atoms with Gasteiger partial charge in [-0.15, -0.1) is 13.2 Å². The van der Waals surface area contributed by atoms with E-state index in [0.717, 1.165) is 36.6 Å². The summed E-state index contributed by atoms with van der Waals surface area (Å²) in [4.78, 5) is 0.634. The number of benzene rings is 1. The fourth-order valence-corrected chi connectivity index (χ4v) is 5.00. The van der Waals surface area contributed by atoms with Crippen LogP contribution in [-0.4, -0.2) is 0 Å². The summed E-state index contributed by atoms with van der Waals surface area (Å²) in [6.45, 7) is 2.00. The van der Waals surface area contributed by atoms with Crippen LogP contribution in [-0.2, 0) is 11.9 Å². The first kappa shape index (κ1) is 15.8. The molecule has 0 amide bonds. The average Bonchev–Trinajstić information content (AvgIpc) is 2.64. The Morgan fingerprint density at radius 1 is 1.25 bits per heavy atom. The normalized spacial score (nSPS) is 16.9. The van der Waals surface area contributed by atoms with Crippen LogP contribution in [0.5, 0.6) is 0 Å². The number of fused-ring (bicyclic) bond motifs is 1. The van der Waals surface area contributed by atoms with Gasteiger partial charge in [-0.1, -0.05) is 25.5 Å². The molecule has 1 aromatic heterocycles. The number of halogens is 4. The Balaban J connectivity index is 0.00000147. The summed E-state index contributed by atoms with van der Waals surface area (Å²) in [5.74, 6) is 0.155. The summed E-state index contributed by atoms with van der Waals surface area (Å²) in [5.41, 5.74) is -3.10. The summed E-state index contributed by atoms with van der Waals surface area (Å²) in [7, 11) is -1.69. The van der Waals surface area contributed by atoms with Crippen molar-refractivity contribution in [2.24, 2.45) is 0 Å². The number of thiophene rings is 1. The van der Waals surface area contributed by atoms with E-state index in [2.05, 4.69) is 0 Å². The minimum Gasteiger partial charge on any atom is -1.00 e. The molecule has 110 valence electrons. The van der Waals surface area contributed by atoms with Gasteiger partial charge in [0.1, 0.15) is 0 Å². The second-order valence-corrected chi connectivity index (χ2v) is 7.10. The highest BCUT2D eigenvalue weighted by atomic mass is 79.9. The van der Waals surface area contributed by atoms with Gasteiger partial charge in [-0.3, -0.25) is 0 Å². The van der Waals surface area contributed by atoms with E-state index in [4.69, 9.17) is 0 Å². The van der Waals surface area contributed by atoms with Gasteiger partial charge in [-0.05, 0) is 30.9 Å². The SMILES string of the molecule is CCc1cccc2c1cc(C1CCC1)[s+]2C(F)(F)F.[Br-]. The van der Waals surface area contributed by atoms with Crippen LogP contribution in [0, 0.1) is 0 Å². The van der Waals surface area contributed by atoms with Crippen molar-refractivity contribution in [3.8, 4) is 0 Å². The molecule has 1 unspecified atom stereocenters. The molecule has 2 aromatic rings. The van der Waals surface area contributed by atoms with Gasteiger partial charge >= 0.3 is 5.51 Å². The van der Waals surface area contributed by atoms with E-state index in [1.165, 1.54) is 0 Å². The van der Waals surface area contributed by atoms with Crippen molar-refractivity contribution >= 4 is 20.6 Å². The molecular formula is C15H16BrF3S. The highest BCUT2D eigenvalue weighted by Crippen LogP contribution is 2.56. The summed E-state index contributed by atoms with van der Waals surface area (Å²) < 4.78 is 40.7. The van der Waals surface area contributed by atoms with Gasteiger partial charge in [-0.2, -0.15) is 0 Å². The zero-order valence-electron chi connectivity index (χ0n) is 11.1. The maximum absolute atomic E-state index is 13.4. The molecule has 1 aromatic carbocycles. The Morgan fingerprint density at radius 3 is 2.45 bits per heavy atom. The summed E-state index contributed by atoms with van der Waals surface area (Å²) in [6, 6.07) is 7.21. The third-order valence-electron chi connectivity index (χ3n) is 4.02. The maximum Gasteiger partial charge on any atom is 0.600 e. The van der Waals surface area contributed by atoms with E-state index in [-0.39, 0.29) is 22.9 Å². The van der Waals surface area contributed by atoms with Gasteiger partial charge in [-0.25, -0.2) is 0 Å². The van der Waals surface area contributed by atoms with Crippen LogP contribution in [0.1, 0.15) is 42.5 Å². The molecule has 0 bridgehead atoms. The molecule has 3 rings (SSSR count). The van der Waals surface area contributed by atoms with Crippen molar-refractivity contribution < 1.29 is 30.2 Å². The van der Waals surface area contributed by atoms with Crippen LogP contribution >= 0.6 is 10.5 Å². The molecule has 1 aliphatic carbocycles. The van der Waals surface area contributed by atoms with Crippen molar-refractivity contribution in [2.45, 2.75) is 44.0 Å². The third-order valence-corrected chi connectivity index (χ3v) is 6.20. The fraction of sp³-hybridized carbons (Fsp3) is 0.467. The predicted molar refractivity (Wildman–Crippen MR) is 73.7 cm³/mol. The predicted octanol–water partition coefficient (Wildman–Crippen LogP) is 2.90. The minimum atomic E-state index is -4.14. The lowest BCUT2D eigenvalue weighted by Crippen LogP contribution is -3.00. The van der Waals surface area contributed by atoms with Gasteiger partial charge < -0.3 is 17.0 Å². The summed E-state index contributed by atoms with van der Waals surface area (Å²) in [6.07, 6.45) is 3.68. The zero-order valence-corrected chi connectivity index (χ0v) is 13.5. The van der Waals surface area contributed by atoms with E-state index in [9.17, 15) is 13.2 Å². The molecule has 20 heavy (non-hydrogen) atoms. The van der Waals surface area contributed by atoms with Gasteiger partial charge in [0.25, 0.3) is 0 Å². The van der Waals surface area contributed by atoms with Crippen LogP contribution in [0.4, 0.5) is 13.2 Å². The third kappa shape index (κ3) is 2.50. The monoisotopic (exact) mass is 364 g/mol. The molecule has 0 radical (unpaired) electrons. The largest absolute Gasteiger partial charge is 1.00 e. The fourth-order valence-electron chi connectivity index (χ4n) is 2.80. The topological polar surface area (TPSA) is 0 Å². The zero-order chi connectivity index (χ0) is 13.6. The van der Waals surface area contributed by atoms with E-state index in [0.29, 0.717) is 9.58 Å².